The van der Waals surface area contributed by atoms with Crippen LogP contribution in [0.5, 0.6) is 5.75 Å². The molecule has 6 heteroatoms. The predicted molar refractivity (Wildman–Crippen MR) is 132 cm³/mol. The quantitative estimate of drug-likeness (QED) is 0.427. The van der Waals surface area contributed by atoms with Crippen molar-refractivity contribution in [3.63, 3.8) is 0 Å². The second kappa shape index (κ2) is 9.35. The van der Waals surface area contributed by atoms with Crippen molar-refractivity contribution in [2.45, 2.75) is 34.3 Å². The number of carbonyl (C=O) groups excluding carboxylic acids is 3. The third-order valence-electron chi connectivity index (χ3n) is 5.57. The number of hydrogen-bond donors (Lipinski definition) is 1. The molecular formula is C28H26N2O4. The largest absolute Gasteiger partial charge is 0.489 e. The number of urea groups is 1. The van der Waals surface area contributed by atoms with Gasteiger partial charge in [0, 0.05) is 0 Å². The van der Waals surface area contributed by atoms with E-state index in [1.807, 2.05) is 26.0 Å². The van der Waals surface area contributed by atoms with Crippen LogP contribution in [0.1, 0.15) is 33.4 Å². The highest BCUT2D eigenvalue weighted by atomic mass is 16.5. The van der Waals surface area contributed by atoms with Gasteiger partial charge in [0.15, 0.2) is 0 Å². The summed E-state index contributed by atoms with van der Waals surface area (Å²) in [6, 6.07) is 18.0. The van der Waals surface area contributed by atoms with Crippen LogP contribution in [0, 0.1) is 27.7 Å². The molecule has 4 rings (SSSR count). The molecule has 1 aliphatic heterocycles. The molecule has 3 aromatic carbocycles. The molecule has 1 heterocycles. The maximum Gasteiger partial charge on any atom is 0.335 e. The lowest BCUT2D eigenvalue weighted by Crippen LogP contribution is -2.54. The number of benzene rings is 3. The lowest BCUT2D eigenvalue weighted by atomic mass is 10.0. The van der Waals surface area contributed by atoms with Gasteiger partial charge in [0.1, 0.15) is 17.9 Å². The van der Waals surface area contributed by atoms with Gasteiger partial charge in [0.05, 0.1) is 5.69 Å². The summed E-state index contributed by atoms with van der Waals surface area (Å²) in [7, 11) is 0. The van der Waals surface area contributed by atoms with Crippen LogP contribution in [0.15, 0.2) is 66.2 Å². The summed E-state index contributed by atoms with van der Waals surface area (Å²) in [5.74, 6) is -0.699. The maximum absolute atomic E-state index is 13.1. The molecule has 0 aromatic heterocycles. The molecule has 0 unspecified atom stereocenters. The van der Waals surface area contributed by atoms with E-state index in [4.69, 9.17) is 4.74 Å². The van der Waals surface area contributed by atoms with Crippen molar-refractivity contribution in [2.75, 3.05) is 4.90 Å². The van der Waals surface area contributed by atoms with Crippen molar-refractivity contribution in [2.24, 2.45) is 0 Å². The number of hydrogen-bond acceptors (Lipinski definition) is 4. The van der Waals surface area contributed by atoms with Gasteiger partial charge in [-0.1, -0.05) is 59.2 Å². The molecule has 34 heavy (non-hydrogen) atoms. The SMILES string of the molecule is Cc1cc(C)cc(COc2ccc(/C=C3\C(=O)NC(=O)N(c4ccc(C)cc4C)C3=O)cc2)c1. The molecule has 0 atom stereocenters. The molecule has 0 bridgehead atoms. The van der Waals surface area contributed by atoms with Crippen LogP contribution in [0.3, 0.4) is 0 Å². The monoisotopic (exact) mass is 454 g/mol. The molecule has 6 nitrogen and oxygen atoms in total. The summed E-state index contributed by atoms with van der Waals surface area (Å²) in [6.07, 6.45) is 1.48. The summed E-state index contributed by atoms with van der Waals surface area (Å²) in [5, 5.41) is 2.26. The van der Waals surface area contributed by atoms with Gasteiger partial charge in [-0.3, -0.25) is 14.9 Å². The van der Waals surface area contributed by atoms with Gasteiger partial charge in [-0.15, -0.1) is 0 Å². The molecule has 3 aromatic rings. The highest BCUT2D eigenvalue weighted by molar-refractivity contribution is 6.39. The number of imide groups is 2. The fraction of sp³-hybridized carbons (Fsp3) is 0.179. The molecule has 172 valence electrons. The first-order chi connectivity index (χ1) is 16.2. The lowest BCUT2D eigenvalue weighted by molar-refractivity contribution is -0.122. The van der Waals surface area contributed by atoms with Crippen molar-refractivity contribution in [1.29, 1.82) is 0 Å². The fourth-order valence-corrected chi connectivity index (χ4v) is 4.08. The Balaban J connectivity index is 1.53. The second-order valence-corrected chi connectivity index (χ2v) is 8.60. The zero-order chi connectivity index (χ0) is 24.4. The molecule has 1 N–H and O–H groups in total. The summed E-state index contributed by atoms with van der Waals surface area (Å²) in [5.41, 5.74) is 6.22. The molecule has 0 saturated carbocycles. The van der Waals surface area contributed by atoms with E-state index in [1.54, 1.807) is 30.3 Å². The number of barbiturate groups is 1. The van der Waals surface area contributed by atoms with Crippen LogP contribution in [0.2, 0.25) is 0 Å². The van der Waals surface area contributed by atoms with E-state index in [2.05, 4.69) is 37.4 Å². The second-order valence-electron chi connectivity index (χ2n) is 8.60. The topological polar surface area (TPSA) is 75.7 Å². The maximum atomic E-state index is 13.1. The molecule has 0 spiro atoms. The van der Waals surface area contributed by atoms with Crippen molar-refractivity contribution >= 4 is 29.6 Å². The minimum absolute atomic E-state index is 0.108. The van der Waals surface area contributed by atoms with Gasteiger partial charge in [-0.05, 0) is 68.7 Å². The number of anilines is 1. The fourth-order valence-electron chi connectivity index (χ4n) is 4.08. The van der Waals surface area contributed by atoms with E-state index in [0.717, 1.165) is 21.6 Å². The molecule has 0 aliphatic carbocycles. The Labute approximate surface area is 198 Å². The predicted octanol–water partition coefficient (Wildman–Crippen LogP) is 5.17. The summed E-state index contributed by atoms with van der Waals surface area (Å²) >= 11 is 0. The molecule has 1 fully saturated rings. The van der Waals surface area contributed by atoms with Crippen LogP contribution in [-0.2, 0) is 16.2 Å². The minimum Gasteiger partial charge on any atom is -0.489 e. The summed E-state index contributed by atoms with van der Waals surface area (Å²) in [4.78, 5) is 39.0. The van der Waals surface area contributed by atoms with E-state index < -0.39 is 17.8 Å². The number of carbonyl (C=O) groups is 3. The van der Waals surface area contributed by atoms with E-state index >= 15 is 0 Å². The van der Waals surface area contributed by atoms with E-state index in [0.29, 0.717) is 23.6 Å². The average molecular weight is 455 g/mol. The van der Waals surface area contributed by atoms with Gasteiger partial charge in [-0.25, -0.2) is 9.69 Å². The standard InChI is InChI=1S/C28H26N2O4/c1-17-5-10-25(20(4)12-17)30-27(32)24(26(31)29-28(30)33)15-21-6-8-23(9-7-21)34-16-22-13-18(2)11-19(3)14-22/h5-15H,16H2,1-4H3,(H,29,31,33)/b24-15+. The number of amides is 4. The number of aryl methyl sites for hydroxylation is 4. The van der Waals surface area contributed by atoms with Crippen LogP contribution >= 0.6 is 0 Å². The van der Waals surface area contributed by atoms with Gasteiger partial charge in [-0.2, -0.15) is 0 Å². The molecule has 0 radical (unpaired) electrons. The van der Waals surface area contributed by atoms with E-state index in [-0.39, 0.29) is 5.57 Å². The number of nitrogens with zero attached hydrogens (tertiary/aromatic N) is 1. The zero-order valence-corrected chi connectivity index (χ0v) is 19.6. The number of nitrogens with one attached hydrogen (secondary N) is 1. The van der Waals surface area contributed by atoms with Crippen molar-refractivity contribution in [3.8, 4) is 5.75 Å². The molecular weight excluding hydrogens is 428 g/mol. The zero-order valence-electron chi connectivity index (χ0n) is 19.6. The highest BCUT2D eigenvalue weighted by Gasteiger charge is 2.37. The average Bonchev–Trinajstić information content (AvgIpc) is 2.77. The smallest absolute Gasteiger partial charge is 0.335 e. The lowest BCUT2D eigenvalue weighted by Gasteiger charge is -2.27. The molecule has 1 aliphatic rings. The van der Waals surface area contributed by atoms with Crippen LogP contribution in [0.25, 0.3) is 6.08 Å². The third-order valence-corrected chi connectivity index (χ3v) is 5.57. The Kier molecular flexibility index (Phi) is 6.32. The Hall–Kier alpha value is -4.19. The first kappa shape index (κ1) is 23.0. The van der Waals surface area contributed by atoms with Gasteiger partial charge < -0.3 is 4.74 Å². The van der Waals surface area contributed by atoms with Crippen LogP contribution in [-0.4, -0.2) is 17.8 Å². The molecule has 4 amide bonds. The van der Waals surface area contributed by atoms with Crippen molar-refractivity contribution in [3.05, 3.63) is 99.6 Å². The van der Waals surface area contributed by atoms with Gasteiger partial charge >= 0.3 is 6.03 Å². The summed E-state index contributed by atoms with van der Waals surface area (Å²) < 4.78 is 5.88. The normalized spacial score (nSPS) is 15.0. The Morgan fingerprint density at radius 1 is 0.824 bits per heavy atom. The number of rotatable bonds is 5. The van der Waals surface area contributed by atoms with Crippen molar-refractivity contribution < 1.29 is 19.1 Å². The van der Waals surface area contributed by atoms with E-state index in [9.17, 15) is 14.4 Å². The Bertz CT molecular complexity index is 1300. The summed E-state index contributed by atoms with van der Waals surface area (Å²) in [6.45, 7) is 8.29. The first-order valence-corrected chi connectivity index (χ1v) is 11.0. The van der Waals surface area contributed by atoms with Crippen LogP contribution < -0.4 is 15.0 Å². The van der Waals surface area contributed by atoms with E-state index in [1.165, 1.54) is 17.2 Å². The Morgan fingerprint density at radius 3 is 2.15 bits per heavy atom. The Morgan fingerprint density at radius 2 is 1.50 bits per heavy atom. The molecule has 1 saturated heterocycles. The van der Waals surface area contributed by atoms with Gasteiger partial charge in [0.2, 0.25) is 0 Å². The van der Waals surface area contributed by atoms with Crippen LogP contribution in [0.4, 0.5) is 10.5 Å². The number of ether oxygens (including phenoxy) is 1. The first-order valence-electron chi connectivity index (χ1n) is 11.0. The minimum atomic E-state index is -0.755. The van der Waals surface area contributed by atoms with Gasteiger partial charge in [0.25, 0.3) is 11.8 Å². The third kappa shape index (κ3) is 4.91. The van der Waals surface area contributed by atoms with Crippen molar-refractivity contribution in [1.82, 2.24) is 5.32 Å². The highest BCUT2D eigenvalue weighted by Crippen LogP contribution is 2.26.